The van der Waals surface area contributed by atoms with Crippen LogP contribution in [0, 0.1) is 11.3 Å². The maximum Gasteiger partial charge on any atom is 0.328 e. The third-order valence-electron chi connectivity index (χ3n) is 4.47. The summed E-state index contributed by atoms with van der Waals surface area (Å²) in [5.74, 6) is 1.07. The van der Waals surface area contributed by atoms with Gasteiger partial charge in [0.25, 0.3) is 0 Å². The van der Waals surface area contributed by atoms with E-state index in [-0.39, 0.29) is 29.2 Å². The number of nitrogens with one attached hydrogen (secondary N) is 1. The molecule has 0 aromatic carbocycles. The number of carbonyl (C=O) groups excluding carboxylic acids is 2. The SMILES string of the molecule is CC(C)Oc1cc(NC(=O)N2c3nc(C=O)c(Br)cc3CCC2C)ncc1C#N. The Morgan fingerprint density at radius 3 is 2.90 bits per heavy atom. The quantitative estimate of drug-likeness (QED) is 0.692. The minimum atomic E-state index is -0.419. The fourth-order valence-corrected chi connectivity index (χ4v) is 3.57. The van der Waals surface area contributed by atoms with Gasteiger partial charge in [-0.15, -0.1) is 0 Å². The molecule has 0 radical (unpaired) electrons. The number of halogens is 1. The second kappa shape index (κ2) is 8.57. The van der Waals surface area contributed by atoms with Crippen LogP contribution in [-0.2, 0) is 6.42 Å². The van der Waals surface area contributed by atoms with Crippen molar-refractivity contribution in [2.75, 3.05) is 10.2 Å². The average Bonchev–Trinajstić information content (AvgIpc) is 2.67. The Bertz CT molecular complexity index is 1000. The summed E-state index contributed by atoms with van der Waals surface area (Å²) in [5, 5.41) is 12.0. The van der Waals surface area contributed by atoms with Crippen molar-refractivity contribution < 1.29 is 14.3 Å². The Morgan fingerprint density at radius 2 is 2.24 bits per heavy atom. The molecular weight excluding hydrogens is 438 g/mol. The minimum absolute atomic E-state index is 0.111. The first-order valence-electron chi connectivity index (χ1n) is 9.15. The number of hydrogen-bond donors (Lipinski definition) is 1. The van der Waals surface area contributed by atoms with Gasteiger partial charge in [-0.3, -0.25) is 15.0 Å². The van der Waals surface area contributed by atoms with E-state index in [1.54, 1.807) is 0 Å². The molecule has 3 rings (SSSR count). The van der Waals surface area contributed by atoms with Crippen molar-refractivity contribution in [2.45, 2.75) is 45.8 Å². The number of fused-ring (bicyclic) bond motifs is 1. The zero-order valence-corrected chi connectivity index (χ0v) is 17.9. The van der Waals surface area contributed by atoms with Gasteiger partial charge >= 0.3 is 6.03 Å². The second-order valence-electron chi connectivity index (χ2n) is 6.99. The fourth-order valence-electron chi connectivity index (χ4n) is 3.12. The number of aldehydes is 1. The van der Waals surface area contributed by atoms with Crippen molar-refractivity contribution >= 4 is 39.9 Å². The molecule has 2 aromatic heterocycles. The molecule has 0 spiro atoms. The molecular formula is C20H20BrN5O3. The van der Waals surface area contributed by atoms with Crippen molar-refractivity contribution in [3.63, 3.8) is 0 Å². The van der Waals surface area contributed by atoms with E-state index in [2.05, 4.69) is 31.2 Å². The van der Waals surface area contributed by atoms with Crippen molar-refractivity contribution in [3.05, 3.63) is 39.6 Å². The number of aryl methyl sites for hydroxylation is 1. The number of ether oxygens (including phenoxy) is 1. The smallest absolute Gasteiger partial charge is 0.328 e. The number of pyridine rings is 2. The van der Waals surface area contributed by atoms with Gasteiger partial charge < -0.3 is 4.74 Å². The number of hydrogen-bond acceptors (Lipinski definition) is 6. The van der Waals surface area contributed by atoms with Crippen molar-refractivity contribution in [3.8, 4) is 11.8 Å². The molecule has 0 aliphatic carbocycles. The maximum absolute atomic E-state index is 13.0. The molecule has 1 N–H and O–H groups in total. The average molecular weight is 458 g/mol. The summed E-state index contributed by atoms with van der Waals surface area (Å²) in [4.78, 5) is 34.4. The summed E-state index contributed by atoms with van der Waals surface area (Å²) >= 11 is 3.34. The topological polar surface area (TPSA) is 108 Å². The van der Waals surface area contributed by atoms with Gasteiger partial charge in [0.1, 0.15) is 34.7 Å². The molecule has 1 aliphatic rings. The molecule has 0 saturated carbocycles. The van der Waals surface area contributed by atoms with Crippen LogP contribution in [0.15, 0.2) is 22.8 Å². The maximum atomic E-state index is 13.0. The lowest BCUT2D eigenvalue weighted by atomic mass is 10.00. The number of amides is 2. The first kappa shape index (κ1) is 20.7. The highest BCUT2D eigenvalue weighted by Gasteiger charge is 2.31. The van der Waals surface area contributed by atoms with E-state index in [9.17, 15) is 14.9 Å². The van der Waals surface area contributed by atoms with Crippen LogP contribution in [0.3, 0.4) is 0 Å². The van der Waals surface area contributed by atoms with E-state index in [0.29, 0.717) is 22.3 Å². The first-order valence-corrected chi connectivity index (χ1v) is 9.95. The molecule has 0 saturated heterocycles. The summed E-state index contributed by atoms with van der Waals surface area (Å²) in [6.07, 6.45) is 3.40. The molecule has 2 aromatic rings. The summed E-state index contributed by atoms with van der Waals surface area (Å²) in [6.45, 7) is 5.62. The third-order valence-corrected chi connectivity index (χ3v) is 5.11. The van der Waals surface area contributed by atoms with E-state index in [4.69, 9.17) is 4.74 Å². The summed E-state index contributed by atoms with van der Waals surface area (Å²) in [6, 6.07) is 4.85. The van der Waals surface area contributed by atoms with Crippen LogP contribution in [0.1, 0.15) is 48.8 Å². The first-order chi connectivity index (χ1) is 13.8. The Kier molecular flexibility index (Phi) is 6.13. The van der Waals surface area contributed by atoms with Gasteiger partial charge in [0, 0.05) is 16.6 Å². The lowest BCUT2D eigenvalue weighted by Gasteiger charge is -2.34. The van der Waals surface area contributed by atoms with Gasteiger partial charge in [-0.2, -0.15) is 5.26 Å². The van der Waals surface area contributed by atoms with Crippen molar-refractivity contribution in [1.29, 1.82) is 5.26 Å². The van der Waals surface area contributed by atoms with Gasteiger partial charge in [-0.1, -0.05) is 0 Å². The van der Waals surface area contributed by atoms with Crippen LogP contribution in [-0.4, -0.2) is 34.4 Å². The Balaban J connectivity index is 1.92. The summed E-state index contributed by atoms with van der Waals surface area (Å²) < 4.78 is 6.24. The molecule has 1 aliphatic heterocycles. The molecule has 0 fully saturated rings. The number of rotatable bonds is 4. The molecule has 2 amide bonds. The molecule has 8 nitrogen and oxygen atoms in total. The highest BCUT2D eigenvalue weighted by molar-refractivity contribution is 9.10. The number of urea groups is 1. The summed E-state index contributed by atoms with van der Waals surface area (Å²) in [5.41, 5.74) is 1.41. The Labute approximate surface area is 177 Å². The molecule has 9 heteroatoms. The van der Waals surface area contributed by atoms with Crippen LogP contribution in [0.2, 0.25) is 0 Å². The van der Waals surface area contributed by atoms with Gasteiger partial charge in [-0.05, 0) is 61.2 Å². The van der Waals surface area contributed by atoms with Gasteiger partial charge in [0.15, 0.2) is 6.29 Å². The number of nitriles is 1. The van der Waals surface area contributed by atoms with E-state index in [1.807, 2.05) is 32.9 Å². The van der Waals surface area contributed by atoms with Gasteiger partial charge in [0.2, 0.25) is 0 Å². The predicted octanol–water partition coefficient (Wildman–Crippen LogP) is 4.08. The van der Waals surface area contributed by atoms with Crippen LogP contribution in [0.4, 0.5) is 16.4 Å². The fraction of sp³-hybridized carbons (Fsp3) is 0.350. The Morgan fingerprint density at radius 1 is 1.48 bits per heavy atom. The number of nitrogens with zero attached hydrogens (tertiary/aromatic N) is 4. The van der Waals surface area contributed by atoms with Crippen LogP contribution in [0.5, 0.6) is 5.75 Å². The van der Waals surface area contributed by atoms with Crippen molar-refractivity contribution in [2.24, 2.45) is 0 Å². The molecule has 0 bridgehead atoms. The zero-order valence-electron chi connectivity index (χ0n) is 16.3. The van der Waals surface area contributed by atoms with Crippen LogP contribution < -0.4 is 15.0 Å². The zero-order chi connectivity index (χ0) is 21.1. The van der Waals surface area contributed by atoms with Crippen LogP contribution in [0.25, 0.3) is 0 Å². The number of aromatic nitrogens is 2. The third kappa shape index (κ3) is 4.38. The van der Waals surface area contributed by atoms with Gasteiger partial charge in [-0.25, -0.2) is 14.8 Å². The van der Waals surface area contributed by atoms with Crippen molar-refractivity contribution in [1.82, 2.24) is 9.97 Å². The Hall–Kier alpha value is -2.99. The highest BCUT2D eigenvalue weighted by atomic mass is 79.9. The summed E-state index contributed by atoms with van der Waals surface area (Å²) in [7, 11) is 0. The lowest BCUT2D eigenvalue weighted by Crippen LogP contribution is -2.45. The molecule has 29 heavy (non-hydrogen) atoms. The molecule has 150 valence electrons. The normalized spacial score (nSPS) is 15.4. The van der Waals surface area contributed by atoms with Gasteiger partial charge in [0.05, 0.1) is 12.3 Å². The second-order valence-corrected chi connectivity index (χ2v) is 7.84. The molecule has 1 atom stereocenters. The van der Waals surface area contributed by atoms with E-state index >= 15 is 0 Å². The molecule has 1 unspecified atom stereocenters. The minimum Gasteiger partial charge on any atom is -0.489 e. The number of carbonyl (C=O) groups is 2. The van der Waals surface area contributed by atoms with E-state index in [0.717, 1.165) is 18.4 Å². The molecule has 3 heterocycles. The van der Waals surface area contributed by atoms with E-state index < -0.39 is 6.03 Å². The monoisotopic (exact) mass is 457 g/mol. The standard InChI is InChI=1S/C20H20BrN5O3/c1-11(2)29-17-7-18(23-9-14(17)8-22)25-20(28)26-12(3)4-5-13-6-15(21)16(10-27)24-19(13)26/h6-7,9-12H,4-5H2,1-3H3,(H,23,25,28). The largest absolute Gasteiger partial charge is 0.489 e. The predicted molar refractivity (Wildman–Crippen MR) is 111 cm³/mol. The highest BCUT2D eigenvalue weighted by Crippen LogP contribution is 2.32. The lowest BCUT2D eigenvalue weighted by molar-refractivity contribution is 0.111. The van der Waals surface area contributed by atoms with E-state index in [1.165, 1.54) is 17.2 Å². The van der Waals surface area contributed by atoms with Crippen LogP contribution >= 0.6 is 15.9 Å². The number of anilines is 2.